The van der Waals surface area contributed by atoms with E-state index >= 15 is 0 Å². The van der Waals surface area contributed by atoms with Crippen LogP contribution in [0.5, 0.6) is 0 Å². The van der Waals surface area contributed by atoms with Crippen LogP contribution in [0.3, 0.4) is 0 Å². The predicted octanol–water partition coefficient (Wildman–Crippen LogP) is 0.0965. The molecule has 106 valence electrons. The Bertz CT molecular complexity index is 545. The molecule has 1 aromatic rings. The Morgan fingerprint density at radius 3 is 2.79 bits per heavy atom. The largest absolute Gasteiger partial charge is 0.465 e. The summed E-state index contributed by atoms with van der Waals surface area (Å²) in [6, 6.07) is 1.05. The fourth-order valence-electron chi connectivity index (χ4n) is 1.90. The smallest absolute Gasteiger partial charge is 0.341 e. The lowest BCUT2D eigenvalue weighted by molar-refractivity contribution is 0.0600. The predicted molar refractivity (Wildman–Crippen MR) is 66.3 cm³/mol. The topological polar surface area (TPSA) is 97.6 Å². The van der Waals surface area contributed by atoms with E-state index in [1.54, 1.807) is 0 Å². The van der Waals surface area contributed by atoms with Gasteiger partial charge < -0.3 is 14.5 Å². The Morgan fingerprint density at radius 1 is 1.47 bits per heavy atom. The number of hydrogen-bond acceptors (Lipinski definition) is 6. The summed E-state index contributed by atoms with van der Waals surface area (Å²) < 4.78 is 36.1. The number of piperidine rings is 1. The van der Waals surface area contributed by atoms with E-state index in [9.17, 15) is 13.2 Å². The number of carbonyl (C=O) groups excluding carboxylic acids is 1. The molecular formula is C11H16N2O5S. The average molecular weight is 288 g/mol. The van der Waals surface area contributed by atoms with Gasteiger partial charge in [0, 0.05) is 12.1 Å². The SMILES string of the molecule is COC(=O)c1coc(S(=O)(=O)NC2CCNCC2)c1. The molecule has 1 aliphatic heterocycles. The molecule has 1 fully saturated rings. The molecule has 2 N–H and O–H groups in total. The molecular weight excluding hydrogens is 272 g/mol. The van der Waals surface area contributed by atoms with E-state index in [1.807, 2.05) is 0 Å². The van der Waals surface area contributed by atoms with Crippen LogP contribution in [0, 0.1) is 0 Å². The molecule has 2 heterocycles. The van der Waals surface area contributed by atoms with Crippen molar-refractivity contribution < 1.29 is 22.4 Å². The van der Waals surface area contributed by atoms with Crippen LogP contribution in [-0.2, 0) is 14.8 Å². The monoisotopic (exact) mass is 288 g/mol. The quantitative estimate of drug-likeness (QED) is 0.762. The zero-order valence-corrected chi connectivity index (χ0v) is 11.3. The Morgan fingerprint density at radius 2 is 2.16 bits per heavy atom. The Labute approximate surface area is 111 Å². The van der Waals surface area contributed by atoms with E-state index in [0.717, 1.165) is 38.3 Å². The number of sulfonamides is 1. The van der Waals surface area contributed by atoms with Crippen LogP contribution in [0.1, 0.15) is 23.2 Å². The highest BCUT2D eigenvalue weighted by atomic mass is 32.2. The van der Waals surface area contributed by atoms with Gasteiger partial charge in [-0.05, 0) is 25.9 Å². The van der Waals surface area contributed by atoms with Gasteiger partial charge in [0.15, 0.2) is 0 Å². The van der Waals surface area contributed by atoms with Crippen molar-refractivity contribution >= 4 is 16.0 Å². The van der Waals surface area contributed by atoms with Crippen LogP contribution in [0.25, 0.3) is 0 Å². The molecule has 7 nitrogen and oxygen atoms in total. The lowest BCUT2D eigenvalue weighted by Crippen LogP contribution is -2.42. The van der Waals surface area contributed by atoms with Crippen molar-refractivity contribution in [1.82, 2.24) is 10.0 Å². The third-order valence-corrected chi connectivity index (χ3v) is 4.31. The summed E-state index contributed by atoms with van der Waals surface area (Å²) in [7, 11) is -2.51. The first kappa shape index (κ1) is 14.0. The molecule has 1 aromatic heterocycles. The maximum atomic E-state index is 12.0. The van der Waals surface area contributed by atoms with E-state index in [-0.39, 0.29) is 16.7 Å². The van der Waals surface area contributed by atoms with Gasteiger partial charge >= 0.3 is 5.97 Å². The second kappa shape index (κ2) is 5.72. The molecule has 1 saturated heterocycles. The fraction of sp³-hybridized carbons (Fsp3) is 0.545. The van der Waals surface area contributed by atoms with Gasteiger partial charge in [0.25, 0.3) is 10.0 Å². The lowest BCUT2D eigenvalue weighted by atomic mass is 10.1. The standard InChI is InChI=1S/C11H16N2O5S/c1-17-11(14)8-6-10(18-7-8)19(15,16)13-9-2-4-12-5-3-9/h6-7,9,12-13H,2-5H2,1H3. The van der Waals surface area contributed by atoms with Gasteiger partial charge in [-0.15, -0.1) is 0 Å². The highest BCUT2D eigenvalue weighted by Gasteiger charge is 2.25. The van der Waals surface area contributed by atoms with Crippen LogP contribution in [0.15, 0.2) is 21.8 Å². The van der Waals surface area contributed by atoms with Crippen molar-refractivity contribution in [2.45, 2.75) is 24.0 Å². The second-order valence-electron chi connectivity index (χ2n) is 4.29. The van der Waals surface area contributed by atoms with Gasteiger partial charge in [0.05, 0.1) is 12.7 Å². The summed E-state index contributed by atoms with van der Waals surface area (Å²) in [4.78, 5) is 11.2. The number of hydrogen-bond donors (Lipinski definition) is 2. The first-order valence-electron chi connectivity index (χ1n) is 5.93. The van der Waals surface area contributed by atoms with Crippen LogP contribution >= 0.6 is 0 Å². The Hall–Kier alpha value is -1.38. The minimum atomic E-state index is -3.73. The highest BCUT2D eigenvalue weighted by Crippen LogP contribution is 2.16. The van der Waals surface area contributed by atoms with Gasteiger partial charge in [-0.1, -0.05) is 0 Å². The van der Waals surface area contributed by atoms with Crippen molar-refractivity contribution in [3.8, 4) is 0 Å². The van der Waals surface area contributed by atoms with E-state index in [0.29, 0.717) is 0 Å². The number of methoxy groups -OCH3 is 1. The molecule has 0 radical (unpaired) electrons. The normalized spacial score (nSPS) is 17.3. The second-order valence-corrected chi connectivity index (χ2v) is 5.94. The van der Waals surface area contributed by atoms with Crippen LogP contribution in [0.4, 0.5) is 0 Å². The van der Waals surface area contributed by atoms with Gasteiger partial charge in [0.1, 0.15) is 6.26 Å². The van der Waals surface area contributed by atoms with Gasteiger partial charge in [-0.2, -0.15) is 0 Å². The maximum absolute atomic E-state index is 12.0. The summed E-state index contributed by atoms with van der Waals surface area (Å²) in [5.41, 5.74) is 0.0770. The third-order valence-electron chi connectivity index (χ3n) is 2.92. The molecule has 0 saturated carbocycles. The molecule has 1 aliphatic rings. The summed E-state index contributed by atoms with van der Waals surface area (Å²) in [5, 5.41) is 2.88. The summed E-state index contributed by atoms with van der Waals surface area (Å²) in [5.74, 6) is -0.632. The summed E-state index contributed by atoms with van der Waals surface area (Å²) in [6.07, 6.45) is 2.52. The van der Waals surface area contributed by atoms with E-state index in [2.05, 4.69) is 14.8 Å². The molecule has 0 bridgehead atoms. The molecule has 2 rings (SSSR count). The first-order valence-corrected chi connectivity index (χ1v) is 7.41. The molecule has 0 unspecified atom stereocenters. The summed E-state index contributed by atoms with van der Waals surface area (Å²) in [6.45, 7) is 1.55. The lowest BCUT2D eigenvalue weighted by Gasteiger charge is -2.22. The number of rotatable bonds is 4. The van der Waals surface area contributed by atoms with Gasteiger partial charge in [0.2, 0.25) is 5.09 Å². The minimum absolute atomic E-state index is 0.0770. The Balaban J connectivity index is 2.10. The molecule has 0 aromatic carbocycles. The molecule has 0 spiro atoms. The molecule has 0 atom stereocenters. The first-order chi connectivity index (χ1) is 9.03. The zero-order chi connectivity index (χ0) is 13.9. The number of esters is 1. The Kier molecular flexibility index (Phi) is 4.23. The van der Waals surface area contributed by atoms with Crippen molar-refractivity contribution in [3.63, 3.8) is 0 Å². The van der Waals surface area contributed by atoms with Crippen molar-refractivity contribution in [1.29, 1.82) is 0 Å². The van der Waals surface area contributed by atoms with Crippen molar-refractivity contribution in [2.24, 2.45) is 0 Å². The number of furan rings is 1. The number of carbonyl (C=O) groups is 1. The molecule has 0 amide bonds. The third kappa shape index (κ3) is 3.34. The summed E-state index contributed by atoms with van der Waals surface area (Å²) >= 11 is 0. The molecule has 0 aliphatic carbocycles. The van der Waals surface area contributed by atoms with Crippen molar-refractivity contribution in [2.75, 3.05) is 20.2 Å². The highest BCUT2D eigenvalue weighted by molar-refractivity contribution is 7.89. The zero-order valence-electron chi connectivity index (χ0n) is 10.5. The maximum Gasteiger partial charge on any atom is 0.341 e. The number of ether oxygens (including phenoxy) is 1. The van der Waals surface area contributed by atoms with Crippen LogP contribution in [0.2, 0.25) is 0 Å². The van der Waals surface area contributed by atoms with E-state index < -0.39 is 16.0 Å². The average Bonchev–Trinajstić information content (AvgIpc) is 2.89. The van der Waals surface area contributed by atoms with E-state index in [1.165, 1.54) is 7.11 Å². The van der Waals surface area contributed by atoms with Gasteiger partial charge in [-0.25, -0.2) is 17.9 Å². The fourth-order valence-corrected chi connectivity index (χ4v) is 3.15. The van der Waals surface area contributed by atoms with E-state index in [4.69, 9.17) is 4.42 Å². The van der Waals surface area contributed by atoms with Crippen LogP contribution < -0.4 is 10.0 Å². The van der Waals surface area contributed by atoms with Crippen molar-refractivity contribution in [3.05, 3.63) is 17.9 Å². The van der Waals surface area contributed by atoms with Gasteiger partial charge in [-0.3, -0.25) is 0 Å². The number of nitrogens with one attached hydrogen (secondary N) is 2. The molecule has 8 heteroatoms. The van der Waals surface area contributed by atoms with Crippen LogP contribution in [-0.4, -0.2) is 40.6 Å². The molecule has 19 heavy (non-hydrogen) atoms. The minimum Gasteiger partial charge on any atom is -0.465 e.